The summed E-state index contributed by atoms with van der Waals surface area (Å²) >= 11 is 0. The Morgan fingerprint density at radius 1 is 1.33 bits per heavy atom. The number of rotatable bonds is 5. The maximum atomic E-state index is 11.7. The summed E-state index contributed by atoms with van der Waals surface area (Å²) in [4.78, 5) is 22.3. The number of hydrogen-bond donors (Lipinski definition) is 3. The number of carboxylic acid groups (broad SMARTS) is 1. The van der Waals surface area contributed by atoms with Gasteiger partial charge in [-0.25, -0.2) is 4.79 Å². The average Bonchev–Trinajstić information content (AvgIpc) is 2.30. The van der Waals surface area contributed by atoms with Gasteiger partial charge in [-0.1, -0.05) is 25.1 Å². The predicted octanol–water partition coefficient (Wildman–Crippen LogP) is 2.37. The van der Waals surface area contributed by atoms with E-state index in [9.17, 15) is 9.59 Å². The summed E-state index contributed by atoms with van der Waals surface area (Å²) in [6.07, 6.45) is 0.505. The molecular formula is C13H18N2O3. The van der Waals surface area contributed by atoms with E-state index in [2.05, 4.69) is 10.6 Å². The Bertz CT molecular complexity index is 432. The van der Waals surface area contributed by atoms with Gasteiger partial charge < -0.3 is 15.7 Å². The van der Waals surface area contributed by atoms with Crippen LogP contribution in [0.2, 0.25) is 0 Å². The van der Waals surface area contributed by atoms with Gasteiger partial charge >= 0.3 is 12.0 Å². The number of para-hydroxylation sites is 1. The molecule has 5 nitrogen and oxygen atoms in total. The Hall–Kier alpha value is -2.04. The molecule has 0 unspecified atom stereocenters. The average molecular weight is 250 g/mol. The van der Waals surface area contributed by atoms with Crippen molar-refractivity contribution < 1.29 is 14.7 Å². The molecular weight excluding hydrogens is 232 g/mol. The van der Waals surface area contributed by atoms with Crippen molar-refractivity contribution in [2.75, 3.05) is 5.32 Å². The molecule has 0 radical (unpaired) electrons. The lowest BCUT2D eigenvalue weighted by molar-refractivity contribution is -0.137. The first-order valence-corrected chi connectivity index (χ1v) is 5.88. The monoisotopic (exact) mass is 250 g/mol. The summed E-state index contributed by atoms with van der Waals surface area (Å²) in [7, 11) is 0. The van der Waals surface area contributed by atoms with Crippen molar-refractivity contribution in [2.45, 2.75) is 32.7 Å². The second-order valence-electron chi connectivity index (χ2n) is 4.12. The van der Waals surface area contributed by atoms with Crippen molar-refractivity contribution in [1.29, 1.82) is 0 Å². The van der Waals surface area contributed by atoms with Crippen LogP contribution in [0.25, 0.3) is 0 Å². The zero-order valence-corrected chi connectivity index (χ0v) is 10.6. The van der Waals surface area contributed by atoms with Crippen LogP contribution in [0.3, 0.4) is 0 Å². The van der Waals surface area contributed by atoms with Crippen LogP contribution in [0.1, 0.15) is 25.3 Å². The molecule has 0 fully saturated rings. The summed E-state index contributed by atoms with van der Waals surface area (Å²) in [6.45, 7) is 3.73. The highest BCUT2D eigenvalue weighted by Crippen LogP contribution is 2.12. The molecule has 3 N–H and O–H groups in total. The van der Waals surface area contributed by atoms with Crippen LogP contribution >= 0.6 is 0 Å². The Morgan fingerprint density at radius 2 is 2.00 bits per heavy atom. The van der Waals surface area contributed by atoms with Crippen molar-refractivity contribution in [3.8, 4) is 0 Å². The van der Waals surface area contributed by atoms with E-state index in [0.717, 1.165) is 11.3 Å². The van der Waals surface area contributed by atoms with Crippen LogP contribution in [-0.2, 0) is 4.79 Å². The maximum Gasteiger partial charge on any atom is 0.319 e. The highest BCUT2D eigenvalue weighted by atomic mass is 16.4. The second-order valence-corrected chi connectivity index (χ2v) is 4.12. The van der Waals surface area contributed by atoms with Gasteiger partial charge in [-0.3, -0.25) is 4.79 Å². The number of carbonyl (C=O) groups is 2. The van der Waals surface area contributed by atoms with Crippen LogP contribution in [0.4, 0.5) is 10.5 Å². The van der Waals surface area contributed by atoms with E-state index < -0.39 is 5.97 Å². The number of hydrogen-bond acceptors (Lipinski definition) is 2. The highest BCUT2D eigenvalue weighted by molar-refractivity contribution is 5.90. The summed E-state index contributed by atoms with van der Waals surface area (Å²) in [5, 5.41) is 14.0. The number of urea groups is 1. The Balaban J connectivity index is 2.55. The predicted molar refractivity (Wildman–Crippen MR) is 69.7 cm³/mol. The Kier molecular flexibility index (Phi) is 5.17. The zero-order chi connectivity index (χ0) is 13.5. The first-order chi connectivity index (χ1) is 8.52. The van der Waals surface area contributed by atoms with Crippen molar-refractivity contribution in [1.82, 2.24) is 5.32 Å². The van der Waals surface area contributed by atoms with E-state index in [-0.39, 0.29) is 18.5 Å². The first kappa shape index (κ1) is 14.0. The molecule has 1 aromatic carbocycles. The number of aliphatic carboxylic acids is 1. The molecule has 0 aliphatic carbocycles. The van der Waals surface area contributed by atoms with E-state index in [1.54, 1.807) is 6.07 Å². The Morgan fingerprint density at radius 3 is 2.56 bits per heavy atom. The molecule has 0 saturated heterocycles. The number of carbonyl (C=O) groups excluding carboxylic acids is 1. The second kappa shape index (κ2) is 6.64. The normalized spacial score (nSPS) is 11.7. The number of benzene rings is 1. The van der Waals surface area contributed by atoms with Gasteiger partial charge in [-0.05, 0) is 25.0 Å². The smallest absolute Gasteiger partial charge is 0.319 e. The fourth-order valence-electron chi connectivity index (χ4n) is 1.57. The lowest BCUT2D eigenvalue weighted by atomic mass is 10.1. The third kappa shape index (κ3) is 4.45. The molecule has 5 heteroatoms. The quantitative estimate of drug-likeness (QED) is 0.750. The molecule has 2 amide bonds. The number of carboxylic acids is 1. The van der Waals surface area contributed by atoms with E-state index in [1.807, 2.05) is 32.0 Å². The summed E-state index contributed by atoms with van der Waals surface area (Å²) in [5.74, 6) is -0.918. The van der Waals surface area contributed by atoms with Gasteiger partial charge in [0.25, 0.3) is 0 Å². The van der Waals surface area contributed by atoms with Gasteiger partial charge in [-0.2, -0.15) is 0 Å². The molecule has 1 atom stereocenters. The van der Waals surface area contributed by atoms with Crippen molar-refractivity contribution in [3.63, 3.8) is 0 Å². The molecule has 0 aromatic heterocycles. The molecule has 1 aromatic rings. The van der Waals surface area contributed by atoms with Crippen LogP contribution in [0, 0.1) is 6.92 Å². The fourth-order valence-corrected chi connectivity index (χ4v) is 1.57. The molecule has 0 saturated carbocycles. The highest BCUT2D eigenvalue weighted by Gasteiger charge is 2.14. The van der Waals surface area contributed by atoms with Gasteiger partial charge in [0.2, 0.25) is 0 Å². The van der Waals surface area contributed by atoms with Gasteiger partial charge in [-0.15, -0.1) is 0 Å². The van der Waals surface area contributed by atoms with Crippen molar-refractivity contribution in [2.24, 2.45) is 0 Å². The zero-order valence-electron chi connectivity index (χ0n) is 10.6. The van der Waals surface area contributed by atoms with Crippen LogP contribution in [0.15, 0.2) is 24.3 Å². The van der Waals surface area contributed by atoms with Crippen LogP contribution in [0.5, 0.6) is 0 Å². The van der Waals surface area contributed by atoms with Crippen LogP contribution < -0.4 is 10.6 Å². The van der Waals surface area contributed by atoms with E-state index in [1.165, 1.54) is 0 Å². The maximum absolute atomic E-state index is 11.7. The molecule has 0 aliphatic heterocycles. The van der Waals surface area contributed by atoms with Gasteiger partial charge in [0.05, 0.1) is 6.42 Å². The number of anilines is 1. The van der Waals surface area contributed by atoms with Gasteiger partial charge in [0, 0.05) is 11.7 Å². The minimum Gasteiger partial charge on any atom is -0.481 e. The Labute approximate surface area is 106 Å². The summed E-state index contributed by atoms with van der Waals surface area (Å²) < 4.78 is 0. The first-order valence-electron chi connectivity index (χ1n) is 5.88. The minimum atomic E-state index is -0.918. The lowest BCUT2D eigenvalue weighted by Gasteiger charge is -2.16. The molecule has 0 bridgehead atoms. The number of nitrogens with one attached hydrogen (secondary N) is 2. The molecule has 0 spiro atoms. The number of amides is 2. The lowest BCUT2D eigenvalue weighted by Crippen LogP contribution is -2.39. The van der Waals surface area contributed by atoms with Gasteiger partial charge in [0.15, 0.2) is 0 Å². The minimum absolute atomic E-state index is 0.0717. The largest absolute Gasteiger partial charge is 0.481 e. The molecule has 0 heterocycles. The number of aryl methyl sites for hydroxylation is 1. The molecule has 1 rings (SSSR count). The standard InChI is InChI=1S/C13H18N2O3/c1-3-10(8-12(16)17)14-13(18)15-11-7-5-4-6-9(11)2/h4-7,10H,3,8H2,1-2H3,(H,16,17)(H2,14,15,18)/t10-/m0/s1. The van der Waals surface area contributed by atoms with Crippen molar-refractivity contribution >= 4 is 17.7 Å². The van der Waals surface area contributed by atoms with E-state index >= 15 is 0 Å². The van der Waals surface area contributed by atoms with Gasteiger partial charge in [0.1, 0.15) is 0 Å². The van der Waals surface area contributed by atoms with E-state index in [0.29, 0.717) is 6.42 Å². The fraction of sp³-hybridized carbons (Fsp3) is 0.385. The summed E-state index contributed by atoms with van der Waals surface area (Å²) in [6, 6.07) is 6.68. The summed E-state index contributed by atoms with van der Waals surface area (Å²) in [5.41, 5.74) is 1.68. The SMILES string of the molecule is CC[C@@H](CC(=O)O)NC(=O)Nc1ccccc1C. The molecule has 18 heavy (non-hydrogen) atoms. The topological polar surface area (TPSA) is 78.4 Å². The third-order valence-corrected chi connectivity index (χ3v) is 2.64. The third-order valence-electron chi connectivity index (χ3n) is 2.64. The van der Waals surface area contributed by atoms with Crippen molar-refractivity contribution in [3.05, 3.63) is 29.8 Å². The van der Waals surface area contributed by atoms with E-state index in [4.69, 9.17) is 5.11 Å². The molecule has 0 aliphatic rings. The van der Waals surface area contributed by atoms with Crippen LogP contribution in [-0.4, -0.2) is 23.1 Å². The molecule has 98 valence electrons.